The second kappa shape index (κ2) is 7.17. The normalized spacial score (nSPS) is 21.8. The van der Waals surface area contributed by atoms with Gasteiger partial charge in [0.05, 0.1) is 17.9 Å². The second-order valence-corrected chi connectivity index (χ2v) is 6.44. The van der Waals surface area contributed by atoms with Gasteiger partial charge in [0.2, 0.25) is 0 Å². The highest BCUT2D eigenvalue weighted by molar-refractivity contribution is 5.33. The number of aliphatic hydroxyl groups excluding tert-OH is 1. The summed E-state index contributed by atoms with van der Waals surface area (Å²) < 4.78 is 41.8. The van der Waals surface area contributed by atoms with Crippen molar-refractivity contribution < 1.29 is 18.3 Å². The van der Waals surface area contributed by atoms with Gasteiger partial charge >= 0.3 is 6.18 Å². The highest BCUT2D eigenvalue weighted by atomic mass is 19.4. The number of halogens is 3. The number of benzene rings is 1. The smallest absolute Gasteiger partial charge is 0.392 e. The maximum absolute atomic E-state index is 13.3. The lowest BCUT2D eigenvalue weighted by Gasteiger charge is -2.26. The van der Waals surface area contributed by atoms with Crippen molar-refractivity contribution in [1.82, 2.24) is 14.7 Å². The molecule has 4 nitrogen and oxygen atoms in total. The summed E-state index contributed by atoms with van der Waals surface area (Å²) in [6, 6.07) is 5.24. The maximum atomic E-state index is 13.3. The molecule has 0 amide bonds. The van der Waals surface area contributed by atoms with E-state index in [0.717, 1.165) is 18.2 Å². The molecule has 2 heterocycles. The van der Waals surface area contributed by atoms with E-state index < -0.39 is 23.9 Å². The third-order valence-corrected chi connectivity index (χ3v) is 4.70. The molecule has 0 radical (unpaired) electrons. The number of hydrogen-bond donors (Lipinski definition) is 1. The van der Waals surface area contributed by atoms with Crippen LogP contribution < -0.4 is 0 Å². The standard InChI is InChI=1S/C18H22F3N3O/c1-2-24-11-13(10-22-24)7-8-23-12-14(25)9-17(23)15-5-3-4-6-16(15)18(19,20)21/h3-6,10-11,14,17,25H,2,7-9,12H2,1H3/t14-,17-/m0/s1. The zero-order valence-electron chi connectivity index (χ0n) is 14.1. The average Bonchev–Trinajstić information content (AvgIpc) is 3.18. The fraction of sp³-hybridized carbons (Fsp3) is 0.500. The zero-order chi connectivity index (χ0) is 18.0. The molecular formula is C18H22F3N3O. The molecule has 0 unspecified atom stereocenters. The molecule has 1 saturated heterocycles. The first-order chi connectivity index (χ1) is 11.9. The Bertz CT molecular complexity index is 714. The molecule has 1 fully saturated rings. The monoisotopic (exact) mass is 353 g/mol. The topological polar surface area (TPSA) is 41.3 Å². The molecular weight excluding hydrogens is 331 g/mol. The van der Waals surface area contributed by atoms with E-state index in [1.54, 1.807) is 12.3 Å². The Hall–Kier alpha value is -1.86. The molecule has 7 heteroatoms. The molecule has 0 saturated carbocycles. The fourth-order valence-electron chi connectivity index (χ4n) is 3.48. The third kappa shape index (κ3) is 4.04. The Kier molecular flexibility index (Phi) is 5.15. The number of aliphatic hydroxyl groups is 1. The third-order valence-electron chi connectivity index (χ3n) is 4.70. The van der Waals surface area contributed by atoms with Gasteiger partial charge in [-0.05, 0) is 37.0 Å². The van der Waals surface area contributed by atoms with Gasteiger partial charge in [-0.3, -0.25) is 9.58 Å². The Labute approximate surface area is 144 Å². The van der Waals surface area contributed by atoms with Crippen molar-refractivity contribution in [2.75, 3.05) is 13.1 Å². The van der Waals surface area contributed by atoms with Crippen molar-refractivity contribution in [1.29, 1.82) is 0 Å². The van der Waals surface area contributed by atoms with E-state index in [9.17, 15) is 18.3 Å². The lowest BCUT2D eigenvalue weighted by atomic mass is 9.97. The van der Waals surface area contributed by atoms with Gasteiger partial charge in [0.15, 0.2) is 0 Å². The number of β-amino-alcohol motifs (C(OH)–C–C–N with tert-alkyl or cyclic N) is 1. The predicted molar refractivity (Wildman–Crippen MR) is 88.0 cm³/mol. The van der Waals surface area contributed by atoms with Crippen molar-refractivity contribution in [2.45, 2.75) is 44.6 Å². The van der Waals surface area contributed by atoms with Crippen molar-refractivity contribution in [3.63, 3.8) is 0 Å². The highest BCUT2D eigenvalue weighted by Gasteiger charge is 2.39. The van der Waals surface area contributed by atoms with Gasteiger partial charge in [-0.15, -0.1) is 0 Å². The van der Waals surface area contributed by atoms with Crippen molar-refractivity contribution in [2.24, 2.45) is 0 Å². The largest absolute Gasteiger partial charge is 0.416 e. The first kappa shape index (κ1) is 17.9. The molecule has 0 aliphatic carbocycles. The summed E-state index contributed by atoms with van der Waals surface area (Å²) in [5.41, 5.74) is 0.680. The summed E-state index contributed by atoms with van der Waals surface area (Å²) >= 11 is 0. The van der Waals surface area contributed by atoms with Gasteiger partial charge in [0.1, 0.15) is 0 Å². The van der Waals surface area contributed by atoms with Crippen molar-refractivity contribution >= 4 is 0 Å². The van der Waals surface area contributed by atoms with Gasteiger partial charge in [-0.2, -0.15) is 18.3 Å². The molecule has 1 aromatic carbocycles. The van der Waals surface area contributed by atoms with Crippen LogP contribution in [0.1, 0.15) is 36.1 Å². The first-order valence-electron chi connectivity index (χ1n) is 8.48. The number of likely N-dealkylation sites (tertiary alicyclic amines) is 1. The molecule has 2 atom stereocenters. The van der Waals surface area contributed by atoms with Crippen LogP contribution in [0.3, 0.4) is 0 Å². The number of nitrogens with zero attached hydrogens (tertiary/aromatic N) is 3. The van der Waals surface area contributed by atoms with Crippen molar-refractivity contribution in [3.8, 4) is 0 Å². The van der Waals surface area contributed by atoms with Gasteiger partial charge < -0.3 is 5.11 Å². The van der Waals surface area contributed by atoms with Gasteiger partial charge in [-0.25, -0.2) is 0 Å². The Morgan fingerprint density at radius 1 is 1.28 bits per heavy atom. The molecule has 1 aromatic heterocycles. The fourth-order valence-corrected chi connectivity index (χ4v) is 3.48. The van der Waals surface area contributed by atoms with E-state index in [1.807, 2.05) is 22.7 Å². The maximum Gasteiger partial charge on any atom is 0.416 e. The Morgan fingerprint density at radius 3 is 2.72 bits per heavy atom. The van der Waals surface area contributed by atoms with E-state index in [-0.39, 0.29) is 5.56 Å². The van der Waals surface area contributed by atoms with Gasteiger partial charge in [-0.1, -0.05) is 18.2 Å². The van der Waals surface area contributed by atoms with E-state index >= 15 is 0 Å². The number of alkyl halides is 3. The number of aryl methyl sites for hydroxylation is 1. The summed E-state index contributed by atoms with van der Waals surface area (Å²) in [7, 11) is 0. The minimum atomic E-state index is -4.39. The number of rotatable bonds is 5. The summed E-state index contributed by atoms with van der Waals surface area (Å²) in [4.78, 5) is 1.94. The van der Waals surface area contributed by atoms with Crippen LogP contribution in [0.15, 0.2) is 36.7 Å². The molecule has 2 aromatic rings. The molecule has 0 spiro atoms. The van der Waals surface area contributed by atoms with E-state index in [4.69, 9.17) is 0 Å². The first-order valence-corrected chi connectivity index (χ1v) is 8.48. The van der Waals surface area contributed by atoms with E-state index in [0.29, 0.717) is 25.9 Å². The van der Waals surface area contributed by atoms with Crippen LogP contribution in [-0.2, 0) is 19.1 Å². The summed E-state index contributed by atoms with van der Waals surface area (Å²) in [6.07, 6.45) is -0.249. The molecule has 1 aliphatic rings. The van der Waals surface area contributed by atoms with Crippen LogP contribution in [0.4, 0.5) is 13.2 Å². The molecule has 1 N–H and O–H groups in total. The highest BCUT2D eigenvalue weighted by Crippen LogP contribution is 2.40. The number of aromatic nitrogens is 2. The Morgan fingerprint density at radius 2 is 2.04 bits per heavy atom. The van der Waals surface area contributed by atoms with Crippen LogP contribution in [-0.4, -0.2) is 39.0 Å². The summed E-state index contributed by atoms with van der Waals surface area (Å²) in [5, 5.41) is 14.2. The van der Waals surface area contributed by atoms with Crippen LogP contribution >= 0.6 is 0 Å². The average molecular weight is 353 g/mol. The zero-order valence-corrected chi connectivity index (χ0v) is 14.1. The quantitative estimate of drug-likeness (QED) is 0.897. The van der Waals surface area contributed by atoms with Crippen LogP contribution in [0.5, 0.6) is 0 Å². The van der Waals surface area contributed by atoms with Crippen LogP contribution in [0, 0.1) is 0 Å². The summed E-state index contributed by atoms with van der Waals surface area (Å²) in [6.45, 7) is 3.75. The molecule has 136 valence electrons. The molecule has 25 heavy (non-hydrogen) atoms. The Balaban J connectivity index is 1.78. The van der Waals surface area contributed by atoms with Crippen molar-refractivity contribution in [3.05, 3.63) is 53.3 Å². The SMILES string of the molecule is CCn1cc(CCN2C[C@@H](O)C[C@H]2c2ccccc2C(F)(F)F)cn1. The second-order valence-electron chi connectivity index (χ2n) is 6.44. The number of hydrogen-bond acceptors (Lipinski definition) is 3. The van der Waals surface area contributed by atoms with E-state index in [1.165, 1.54) is 12.1 Å². The van der Waals surface area contributed by atoms with Gasteiger partial charge in [0, 0.05) is 31.9 Å². The predicted octanol–water partition coefficient (Wildman–Crippen LogP) is 3.27. The molecule has 3 rings (SSSR count). The minimum Gasteiger partial charge on any atom is -0.392 e. The van der Waals surface area contributed by atoms with Gasteiger partial charge in [0.25, 0.3) is 0 Å². The lowest BCUT2D eigenvalue weighted by molar-refractivity contribution is -0.138. The molecule has 1 aliphatic heterocycles. The minimum absolute atomic E-state index is 0.246. The van der Waals surface area contributed by atoms with E-state index in [2.05, 4.69) is 5.10 Å². The summed E-state index contributed by atoms with van der Waals surface area (Å²) in [5.74, 6) is 0. The lowest BCUT2D eigenvalue weighted by Crippen LogP contribution is -2.28. The van der Waals surface area contributed by atoms with Crippen LogP contribution in [0.2, 0.25) is 0 Å². The molecule has 0 bridgehead atoms. The van der Waals surface area contributed by atoms with Crippen LogP contribution in [0.25, 0.3) is 0 Å².